The van der Waals surface area contributed by atoms with E-state index in [4.69, 9.17) is 4.53 Å². The molecular formula is C46H48N10O11S3Si. The van der Waals surface area contributed by atoms with Crippen LogP contribution in [0, 0.1) is 0 Å². The number of imide groups is 1. The molecule has 0 aliphatic carbocycles. The molecule has 71 heavy (non-hydrogen) atoms. The van der Waals surface area contributed by atoms with Crippen molar-refractivity contribution >= 4 is 88.0 Å². The van der Waals surface area contributed by atoms with Crippen molar-refractivity contribution < 1.29 is 51.4 Å². The topological polar surface area (TPSA) is 276 Å². The Morgan fingerprint density at radius 2 is 1.48 bits per heavy atom. The molecule has 5 aromatic rings. The molecular weight excluding hydrogens is 993 g/mol. The van der Waals surface area contributed by atoms with Gasteiger partial charge in [0.2, 0.25) is 16.7 Å². The molecule has 25 heteroatoms. The van der Waals surface area contributed by atoms with Crippen LogP contribution in [-0.2, 0) is 51.0 Å². The number of benzene rings is 4. The number of rotatable bonds is 17. The van der Waals surface area contributed by atoms with E-state index in [1.807, 2.05) is 99.6 Å². The van der Waals surface area contributed by atoms with Crippen LogP contribution in [0.15, 0.2) is 138 Å². The van der Waals surface area contributed by atoms with Gasteiger partial charge in [-0.05, 0) is 42.5 Å². The van der Waals surface area contributed by atoms with Crippen LogP contribution >= 0.6 is 23.5 Å². The maximum atomic E-state index is 15.2. The van der Waals surface area contributed by atoms with Crippen LogP contribution in [0.5, 0.6) is 0 Å². The Labute approximate surface area is 417 Å². The average Bonchev–Trinajstić information content (AvgIpc) is 3.79. The summed E-state index contributed by atoms with van der Waals surface area (Å²) in [5.41, 5.74) is 1.65. The fourth-order valence-corrected chi connectivity index (χ4v) is 15.9. The minimum atomic E-state index is -4.55. The van der Waals surface area contributed by atoms with Gasteiger partial charge in [-0.2, -0.15) is 13.9 Å². The molecule has 2 saturated heterocycles. The molecule has 8 rings (SSSR count). The number of carboxylic acid groups (broad SMARTS) is 1. The first-order valence-electron chi connectivity index (χ1n) is 22.0. The van der Waals surface area contributed by atoms with Crippen molar-refractivity contribution in [1.82, 2.24) is 51.0 Å². The van der Waals surface area contributed by atoms with E-state index in [1.165, 1.54) is 4.90 Å². The Balaban J connectivity index is 1.15. The van der Waals surface area contributed by atoms with E-state index in [-0.39, 0.29) is 47.4 Å². The van der Waals surface area contributed by atoms with Crippen molar-refractivity contribution in [2.24, 2.45) is 0 Å². The predicted octanol–water partition coefficient (Wildman–Crippen LogP) is 2.08. The largest absolute Gasteiger partial charge is 0.477 e. The summed E-state index contributed by atoms with van der Waals surface area (Å²) < 4.78 is 40.6. The number of hydrogen-bond acceptors (Lipinski definition) is 15. The monoisotopic (exact) mass is 1040 g/mol. The van der Waals surface area contributed by atoms with E-state index in [0.29, 0.717) is 0 Å². The van der Waals surface area contributed by atoms with Gasteiger partial charge in [0.05, 0.1) is 0 Å². The molecule has 4 aromatic carbocycles. The van der Waals surface area contributed by atoms with Crippen LogP contribution in [0.2, 0.25) is 5.04 Å². The maximum absolute atomic E-state index is 15.2. The number of tetrazole rings is 1. The lowest BCUT2D eigenvalue weighted by atomic mass is 9.94. The lowest BCUT2D eigenvalue weighted by molar-refractivity contribution is -0.170. The summed E-state index contributed by atoms with van der Waals surface area (Å²) in [6.45, 7) is 5.95. The number of carbonyl (C=O) groups is 6. The highest BCUT2D eigenvalue weighted by atomic mass is 32.2. The summed E-state index contributed by atoms with van der Waals surface area (Å²) in [7, 11) is -8.14. The summed E-state index contributed by atoms with van der Waals surface area (Å²) in [6, 6.07) is 33.3. The van der Waals surface area contributed by atoms with Crippen molar-refractivity contribution in [3.05, 3.63) is 144 Å². The molecule has 0 bridgehead atoms. The molecule has 5 N–H and O–H groups in total. The number of thioether (sulfide) groups is 2. The van der Waals surface area contributed by atoms with Crippen LogP contribution in [0.25, 0.3) is 0 Å². The second-order valence-corrected chi connectivity index (χ2v) is 25.3. The third-order valence-corrected chi connectivity index (χ3v) is 19.9. The van der Waals surface area contributed by atoms with Gasteiger partial charge in [-0.25, -0.2) is 14.3 Å². The van der Waals surface area contributed by atoms with Crippen LogP contribution in [0.3, 0.4) is 0 Å². The minimum Gasteiger partial charge on any atom is -0.477 e. The molecule has 2 fully saturated rings. The van der Waals surface area contributed by atoms with Crippen LogP contribution < -0.4 is 26.5 Å². The van der Waals surface area contributed by atoms with E-state index in [1.54, 1.807) is 42.5 Å². The number of fused-ring (bicyclic) bond motifs is 1. The first kappa shape index (κ1) is 50.6. The number of nitrogens with zero attached hydrogens (tertiary/aromatic N) is 7. The van der Waals surface area contributed by atoms with Gasteiger partial charge in [-0.15, -0.1) is 16.9 Å². The van der Waals surface area contributed by atoms with Gasteiger partial charge >= 0.3 is 23.8 Å². The van der Waals surface area contributed by atoms with E-state index in [0.717, 1.165) is 53.9 Å². The number of amides is 6. The van der Waals surface area contributed by atoms with Crippen molar-refractivity contribution in [3.63, 3.8) is 0 Å². The normalized spacial score (nSPS) is 19.0. The van der Waals surface area contributed by atoms with E-state index >= 15 is 9.59 Å². The number of hydroxylamine groups is 1. The summed E-state index contributed by atoms with van der Waals surface area (Å²) in [5, 5.41) is 26.7. The zero-order chi connectivity index (χ0) is 50.7. The summed E-state index contributed by atoms with van der Waals surface area (Å²) >= 11 is 1.97. The highest BCUT2D eigenvalue weighted by molar-refractivity contribution is 8.01. The lowest BCUT2D eigenvalue weighted by Gasteiger charge is -2.58. The second-order valence-electron chi connectivity index (χ2n) is 17.7. The molecule has 0 radical (unpaired) electrons. The van der Waals surface area contributed by atoms with Crippen LogP contribution in [0.4, 0.5) is 4.79 Å². The highest BCUT2D eigenvalue weighted by Gasteiger charge is 2.68. The lowest BCUT2D eigenvalue weighted by Crippen LogP contribution is -2.87. The van der Waals surface area contributed by atoms with Crippen LogP contribution in [0.1, 0.15) is 37.9 Å². The third kappa shape index (κ3) is 10.2. The zero-order valence-electron chi connectivity index (χ0n) is 38.4. The molecule has 21 nitrogen and oxygen atoms in total. The number of aliphatic carboxylic acids is 1. The van der Waals surface area contributed by atoms with E-state index in [9.17, 15) is 37.3 Å². The first-order valence-corrected chi connectivity index (χ1v) is 27.5. The quantitative estimate of drug-likeness (QED) is 0.0170. The second kappa shape index (κ2) is 20.5. The van der Waals surface area contributed by atoms with Gasteiger partial charge in [-0.1, -0.05) is 154 Å². The van der Waals surface area contributed by atoms with Crippen molar-refractivity contribution in [2.75, 3.05) is 24.6 Å². The fraction of sp³-hybridized carbons (Fsp3) is 0.283. The Kier molecular flexibility index (Phi) is 14.6. The van der Waals surface area contributed by atoms with Crippen molar-refractivity contribution in [1.29, 1.82) is 0 Å². The number of carbonyl (C=O) groups excluding carboxylic acids is 5. The van der Waals surface area contributed by atoms with Gasteiger partial charge in [0.15, 0.2) is 5.88 Å². The standard InChI is InChI=1S/C46H48N10O11S3Si/c1-45(2,3)71(33-20-12-6-13-21-33,34-22-14-7-15-23-34)67-50-46(41(62)56-36(40(60)61)32(27-68-42(46)56)28-69-44-49-51-52-55(44)29-70(64,65)66)48-37(57)35(31-18-10-5-11-19-31)47-43(63)54-25-24-53(38(58)39(54)59)26-30-16-8-4-9-17-30/h4-23,35,42,50H,24-29H2,1-3H3,(H,47,63)(H,48,57)(H,60,61)(H,64,65,66)/t35?,42-,46+/m1/s1. The highest BCUT2D eigenvalue weighted by Crippen LogP contribution is 2.47. The summed E-state index contributed by atoms with van der Waals surface area (Å²) in [4.78, 5) is 87.6. The van der Waals surface area contributed by atoms with Gasteiger partial charge < -0.3 is 25.2 Å². The Bertz CT molecular complexity index is 2950. The summed E-state index contributed by atoms with van der Waals surface area (Å²) in [5.74, 6) is -6.52. The molecule has 3 atom stereocenters. The minimum absolute atomic E-state index is 0.0203. The average molecular weight is 1040 g/mol. The van der Waals surface area contributed by atoms with Gasteiger partial charge in [0.25, 0.3) is 24.3 Å². The van der Waals surface area contributed by atoms with Crippen LogP contribution in [-0.4, -0.2) is 133 Å². The third-order valence-electron chi connectivity index (χ3n) is 12.1. The SMILES string of the molecule is CC(C)(C)[Si](ON[C@@]1(NC(=O)C(NC(=O)N2CCN(Cc3ccccc3)C(=O)C2=O)c2ccccc2)C(=O)N2C(C(=O)O)=C(CSc3nnnn3CS(=O)(=O)O)CS[C@@H]21)(c1ccccc1)c1ccccc1. The summed E-state index contributed by atoms with van der Waals surface area (Å²) in [6.07, 6.45) is 0. The van der Waals surface area contributed by atoms with Gasteiger partial charge in [0.1, 0.15) is 17.1 Å². The number of piperazine rings is 1. The van der Waals surface area contributed by atoms with Gasteiger partial charge in [0, 0.05) is 31.1 Å². The Morgan fingerprint density at radius 3 is 2.06 bits per heavy atom. The van der Waals surface area contributed by atoms with Gasteiger partial charge in [-0.3, -0.25) is 33.5 Å². The molecule has 0 saturated carbocycles. The van der Waals surface area contributed by atoms with E-state index in [2.05, 4.69) is 31.6 Å². The number of hydrogen-bond donors (Lipinski definition) is 5. The number of urea groups is 1. The molecule has 1 unspecified atom stereocenters. The molecule has 4 heterocycles. The molecule has 6 amide bonds. The molecule has 3 aliphatic rings. The zero-order valence-corrected chi connectivity index (χ0v) is 41.8. The predicted molar refractivity (Wildman–Crippen MR) is 262 cm³/mol. The molecule has 370 valence electrons. The van der Waals surface area contributed by atoms with Crippen molar-refractivity contribution in [2.45, 2.75) is 60.5 Å². The van der Waals surface area contributed by atoms with Crippen molar-refractivity contribution in [3.8, 4) is 0 Å². The molecule has 0 spiro atoms. The number of β-lactam (4-membered cyclic amide) rings is 1. The smallest absolute Gasteiger partial charge is 0.352 e. The van der Waals surface area contributed by atoms with E-state index < -0.39 is 87.8 Å². The fourth-order valence-electron chi connectivity index (χ4n) is 8.70. The molecule has 3 aliphatic heterocycles. The number of nitrogens with one attached hydrogen (secondary N) is 3. The number of aromatic nitrogens is 4. The Hall–Kier alpha value is -6.74. The Morgan fingerprint density at radius 1 is 0.887 bits per heavy atom. The molecule has 1 aromatic heterocycles. The maximum Gasteiger partial charge on any atom is 0.352 e. The first-order chi connectivity index (χ1) is 33.8. The number of carboxylic acids is 1.